The van der Waals surface area contributed by atoms with Gasteiger partial charge in [0.2, 0.25) is 5.43 Å². The Balaban J connectivity index is 1.55. The Hall–Kier alpha value is -3.76. The van der Waals surface area contributed by atoms with Crippen molar-refractivity contribution in [2.75, 3.05) is 6.54 Å². The summed E-state index contributed by atoms with van der Waals surface area (Å²) in [7, 11) is 0. The Morgan fingerprint density at radius 1 is 1.34 bits per heavy atom. The van der Waals surface area contributed by atoms with Crippen molar-refractivity contribution in [3.05, 3.63) is 63.1 Å². The van der Waals surface area contributed by atoms with Crippen LogP contribution in [0.5, 0.6) is 5.75 Å². The lowest BCUT2D eigenvalue weighted by Crippen LogP contribution is -2.52. The number of aromatic hydroxyl groups is 1. The second-order valence-electron chi connectivity index (χ2n) is 9.42. The maximum absolute atomic E-state index is 14.0. The van der Waals surface area contributed by atoms with Crippen LogP contribution in [0.3, 0.4) is 0 Å². The molecule has 2 N–H and O–H groups in total. The first kappa shape index (κ1) is 23.0. The Bertz CT molecular complexity index is 1340. The van der Waals surface area contributed by atoms with Crippen LogP contribution in [0.15, 0.2) is 34.3 Å². The maximum Gasteiger partial charge on any atom is 0.274 e. The fraction of sp³-hybridized carbons (Fsp3) is 0.417. The van der Waals surface area contributed by atoms with Crippen LogP contribution in [0.4, 0.5) is 8.78 Å². The number of oxime groups is 1. The molecule has 2 bridgehead atoms. The molecule has 0 aliphatic carbocycles. The lowest BCUT2D eigenvalue weighted by molar-refractivity contribution is -0.0655. The first-order valence-corrected chi connectivity index (χ1v) is 11.3. The third-order valence-corrected chi connectivity index (χ3v) is 7.14. The number of amides is 2. The zero-order chi connectivity index (χ0) is 25.1. The van der Waals surface area contributed by atoms with E-state index in [1.54, 1.807) is 4.90 Å². The largest absolute Gasteiger partial charge is 0.503 e. The molecule has 0 radical (unpaired) electrons. The minimum Gasteiger partial charge on any atom is -0.503 e. The summed E-state index contributed by atoms with van der Waals surface area (Å²) in [5.74, 6) is -3.80. The predicted octanol–water partition coefficient (Wildman–Crippen LogP) is 2.48. The maximum atomic E-state index is 14.0. The van der Waals surface area contributed by atoms with E-state index in [2.05, 4.69) is 10.5 Å². The van der Waals surface area contributed by atoms with Gasteiger partial charge in [0, 0.05) is 43.4 Å². The number of aromatic nitrogens is 1. The lowest BCUT2D eigenvalue weighted by Gasteiger charge is -2.41. The quantitative estimate of drug-likeness (QED) is 0.692. The van der Waals surface area contributed by atoms with Crippen LogP contribution in [-0.2, 0) is 11.4 Å². The molecule has 3 unspecified atom stereocenters. The average Bonchev–Trinajstić information content (AvgIpc) is 3.14. The molecule has 1 spiro atoms. The molecular formula is C24H24F2N4O5. The predicted molar refractivity (Wildman–Crippen MR) is 120 cm³/mol. The zero-order valence-electron chi connectivity index (χ0n) is 19.2. The van der Waals surface area contributed by atoms with Crippen LogP contribution < -0.4 is 10.7 Å². The molecule has 3 aliphatic rings. The summed E-state index contributed by atoms with van der Waals surface area (Å²) in [5, 5.41) is 17.3. The van der Waals surface area contributed by atoms with E-state index in [1.807, 2.05) is 13.8 Å². The van der Waals surface area contributed by atoms with Crippen molar-refractivity contribution in [3.8, 4) is 5.75 Å². The van der Waals surface area contributed by atoms with Crippen molar-refractivity contribution in [2.45, 2.75) is 57.3 Å². The van der Waals surface area contributed by atoms with Gasteiger partial charge in [-0.3, -0.25) is 14.4 Å². The molecule has 3 aliphatic heterocycles. The summed E-state index contributed by atoms with van der Waals surface area (Å²) in [6, 6.07) is 2.28. The monoisotopic (exact) mass is 486 g/mol. The number of benzene rings is 1. The third-order valence-electron chi connectivity index (χ3n) is 7.14. The first-order chi connectivity index (χ1) is 16.6. The number of nitrogens with one attached hydrogen (secondary N) is 1. The molecule has 2 aromatic rings. The molecule has 1 fully saturated rings. The molecule has 9 nitrogen and oxygen atoms in total. The van der Waals surface area contributed by atoms with E-state index < -0.39 is 51.8 Å². The number of halogens is 2. The van der Waals surface area contributed by atoms with Gasteiger partial charge in [-0.1, -0.05) is 11.2 Å². The molecule has 0 saturated carbocycles. The Morgan fingerprint density at radius 2 is 2.11 bits per heavy atom. The Morgan fingerprint density at radius 3 is 2.80 bits per heavy atom. The van der Waals surface area contributed by atoms with Gasteiger partial charge in [0.05, 0.1) is 11.8 Å². The summed E-state index contributed by atoms with van der Waals surface area (Å²) in [5.41, 5.74) is -1.60. The number of rotatable bonds is 3. The SMILES string of the molecule is CC1=NOC2(CCC(C)N3CC2n2cc(C(=O)NCc4ccc(F)cc4F)c(=O)c(O)c2C3=O)C1. The van der Waals surface area contributed by atoms with E-state index in [9.17, 15) is 28.3 Å². The Kier molecular flexibility index (Phi) is 5.37. The van der Waals surface area contributed by atoms with Gasteiger partial charge in [0.1, 0.15) is 17.2 Å². The average molecular weight is 486 g/mol. The molecule has 2 amide bonds. The van der Waals surface area contributed by atoms with E-state index in [1.165, 1.54) is 16.8 Å². The minimum atomic E-state index is -1.01. The standard InChI is InChI=1S/C24H24F2N4O5/c1-12-8-24(35-28-12)6-5-13(2)29-11-18(24)30-10-16(20(31)21(32)19(30)23(29)34)22(33)27-9-14-3-4-15(25)7-17(14)26/h3-4,7,10,13,18,32H,5-6,8-9,11H2,1-2H3,(H,27,33). The molecule has 3 atom stereocenters. The highest BCUT2D eigenvalue weighted by molar-refractivity contribution is 5.99. The fourth-order valence-electron chi connectivity index (χ4n) is 5.22. The van der Waals surface area contributed by atoms with Gasteiger partial charge in [-0.2, -0.15) is 0 Å². The number of hydrogen-bond acceptors (Lipinski definition) is 6. The van der Waals surface area contributed by atoms with E-state index in [0.717, 1.165) is 11.8 Å². The fourth-order valence-corrected chi connectivity index (χ4v) is 5.22. The third kappa shape index (κ3) is 3.65. The summed E-state index contributed by atoms with van der Waals surface area (Å²) in [6.07, 6.45) is 2.98. The van der Waals surface area contributed by atoms with Crippen molar-refractivity contribution in [1.82, 2.24) is 14.8 Å². The van der Waals surface area contributed by atoms with Crippen LogP contribution in [0, 0.1) is 11.6 Å². The van der Waals surface area contributed by atoms with Crippen LogP contribution in [0.1, 0.15) is 65.6 Å². The van der Waals surface area contributed by atoms with E-state index in [0.29, 0.717) is 25.3 Å². The number of carbonyl (C=O) groups is 2. The lowest BCUT2D eigenvalue weighted by atomic mass is 9.84. The topological polar surface area (TPSA) is 113 Å². The second kappa shape index (κ2) is 8.17. The van der Waals surface area contributed by atoms with Gasteiger partial charge in [-0.15, -0.1) is 0 Å². The van der Waals surface area contributed by atoms with Gasteiger partial charge in [0.15, 0.2) is 17.0 Å². The van der Waals surface area contributed by atoms with E-state index in [-0.39, 0.29) is 30.4 Å². The van der Waals surface area contributed by atoms with Gasteiger partial charge >= 0.3 is 0 Å². The van der Waals surface area contributed by atoms with Crippen LogP contribution in [0.25, 0.3) is 0 Å². The van der Waals surface area contributed by atoms with Crippen LogP contribution in [-0.4, -0.2) is 50.3 Å². The number of carbonyl (C=O) groups excluding carboxylic acids is 2. The highest BCUT2D eigenvalue weighted by Gasteiger charge is 2.53. The molecule has 35 heavy (non-hydrogen) atoms. The van der Waals surface area contributed by atoms with Crippen molar-refractivity contribution < 1.29 is 28.3 Å². The van der Waals surface area contributed by atoms with Crippen LogP contribution in [0.2, 0.25) is 0 Å². The summed E-state index contributed by atoms with van der Waals surface area (Å²) < 4.78 is 28.6. The molecule has 184 valence electrons. The minimum absolute atomic E-state index is 0.0246. The zero-order valence-corrected chi connectivity index (χ0v) is 19.2. The molecule has 1 saturated heterocycles. The van der Waals surface area contributed by atoms with Gasteiger partial charge in [-0.05, 0) is 32.8 Å². The molecule has 11 heteroatoms. The normalized spacial score (nSPS) is 25.1. The number of fused-ring (bicyclic) bond motifs is 5. The second-order valence-corrected chi connectivity index (χ2v) is 9.42. The van der Waals surface area contributed by atoms with Gasteiger partial charge in [-0.25, -0.2) is 8.78 Å². The van der Waals surface area contributed by atoms with Crippen molar-refractivity contribution in [1.29, 1.82) is 0 Å². The highest BCUT2D eigenvalue weighted by atomic mass is 19.1. The van der Waals surface area contributed by atoms with Gasteiger partial charge < -0.3 is 24.7 Å². The molecule has 4 heterocycles. The number of pyridine rings is 1. The van der Waals surface area contributed by atoms with Crippen molar-refractivity contribution in [3.63, 3.8) is 0 Å². The Labute approximate surface area is 199 Å². The van der Waals surface area contributed by atoms with Crippen LogP contribution >= 0.6 is 0 Å². The smallest absolute Gasteiger partial charge is 0.274 e. The summed E-state index contributed by atoms with van der Waals surface area (Å²) in [6.45, 7) is 3.70. The number of nitrogens with zero attached hydrogens (tertiary/aromatic N) is 3. The molecular weight excluding hydrogens is 462 g/mol. The number of hydrogen-bond donors (Lipinski definition) is 2. The van der Waals surface area contributed by atoms with Crippen molar-refractivity contribution in [2.24, 2.45) is 5.16 Å². The summed E-state index contributed by atoms with van der Waals surface area (Å²) in [4.78, 5) is 46.6. The van der Waals surface area contributed by atoms with E-state index >= 15 is 0 Å². The first-order valence-electron chi connectivity index (χ1n) is 11.3. The highest BCUT2D eigenvalue weighted by Crippen LogP contribution is 2.46. The molecule has 1 aromatic carbocycles. The van der Waals surface area contributed by atoms with E-state index in [4.69, 9.17) is 4.84 Å². The molecule has 1 aromatic heterocycles. The van der Waals surface area contributed by atoms with Crippen molar-refractivity contribution >= 4 is 17.5 Å². The summed E-state index contributed by atoms with van der Waals surface area (Å²) >= 11 is 0. The molecule has 5 rings (SSSR count). The van der Waals surface area contributed by atoms with Gasteiger partial charge in [0.25, 0.3) is 11.8 Å².